The lowest BCUT2D eigenvalue weighted by molar-refractivity contribution is 0.910. The van der Waals surface area contributed by atoms with Crippen molar-refractivity contribution in [2.75, 3.05) is 0 Å². The SMILES string of the molecule is NCc1ncc2scc(-c3ccc4c(c3)CCC4)n12. The number of fused-ring (bicyclic) bond motifs is 2. The first-order valence-corrected chi connectivity index (χ1v) is 7.51. The first-order valence-electron chi connectivity index (χ1n) is 6.63. The molecule has 0 fully saturated rings. The predicted molar refractivity (Wildman–Crippen MR) is 78.4 cm³/mol. The molecule has 0 aliphatic heterocycles. The van der Waals surface area contributed by atoms with Gasteiger partial charge in [0.05, 0.1) is 18.4 Å². The minimum absolute atomic E-state index is 0.475. The molecule has 1 aliphatic carbocycles. The van der Waals surface area contributed by atoms with Gasteiger partial charge in [0, 0.05) is 5.38 Å². The van der Waals surface area contributed by atoms with Crippen molar-refractivity contribution in [1.29, 1.82) is 0 Å². The molecule has 0 saturated carbocycles. The second-order valence-electron chi connectivity index (χ2n) is 5.01. The van der Waals surface area contributed by atoms with E-state index < -0.39 is 0 Å². The van der Waals surface area contributed by atoms with Crippen LogP contribution in [0.25, 0.3) is 16.1 Å². The maximum Gasteiger partial charge on any atom is 0.128 e. The molecule has 4 heteroatoms. The van der Waals surface area contributed by atoms with Gasteiger partial charge < -0.3 is 5.73 Å². The van der Waals surface area contributed by atoms with E-state index in [0.29, 0.717) is 6.54 Å². The normalized spacial score (nSPS) is 14.2. The summed E-state index contributed by atoms with van der Waals surface area (Å²) in [4.78, 5) is 5.54. The summed E-state index contributed by atoms with van der Waals surface area (Å²) in [7, 11) is 0. The van der Waals surface area contributed by atoms with E-state index in [1.54, 1.807) is 11.3 Å². The highest BCUT2D eigenvalue weighted by Crippen LogP contribution is 2.31. The third-order valence-corrected chi connectivity index (χ3v) is 4.78. The number of rotatable bonds is 2. The van der Waals surface area contributed by atoms with Crippen LogP contribution < -0.4 is 5.73 Å². The first kappa shape index (κ1) is 11.2. The van der Waals surface area contributed by atoms with E-state index in [-0.39, 0.29) is 0 Å². The van der Waals surface area contributed by atoms with Gasteiger partial charge in [-0.3, -0.25) is 4.40 Å². The second-order valence-corrected chi connectivity index (χ2v) is 5.90. The fourth-order valence-corrected chi connectivity index (χ4v) is 3.85. The van der Waals surface area contributed by atoms with Gasteiger partial charge in [0.1, 0.15) is 10.7 Å². The monoisotopic (exact) mass is 269 g/mol. The number of hydrogen-bond acceptors (Lipinski definition) is 3. The maximum atomic E-state index is 5.78. The number of benzene rings is 1. The summed E-state index contributed by atoms with van der Waals surface area (Å²) >= 11 is 1.72. The van der Waals surface area contributed by atoms with E-state index in [0.717, 1.165) is 10.7 Å². The summed E-state index contributed by atoms with van der Waals surface area (Å²) in [6, 6.07) is 6.84. The first-order chi connectivity index (χ1) is 9.36. The molecule has 0 amide bonds. The Bertz CT molecular complexity index is 754. The molecule has 0 bridgehead atoms. The van der Waals surface area contributed by atoms with Gasteiger partial charge in [-0.2, -0.15) is 0 Å². The van der Waals surface area contributed by atoms with Gasteiger partial charge in [-0.05, 0) is 42.0 Å². The highest BCUT2D eigenvalue weighted by atomic mass is 32.1. The third-order valence-electron chi connectivity index (χ3n) is 3.91. The highest BCUT2D eigenvalue weighted by molar-refractivity contribution is 7.15. The molecule has 0 atom stereocenters. The van der Waals surface area contributed by atoms with E-state index in [4.69, 9.17) is 5.73 Å². The predicted octanol–water partition coefficient (Wildman–Crippen LogP) is 3.01. The minimum Gasteiger partial charge on any atom is -0.324 e. The van der Waals surface area contributed by atoms with Crippen LogP contribution in [-0.2, 0) is 19.4 Å². The Kier molecular flexibility index (Phi) is 2.47. The molecule has 2 heterocycles. The molecule has 0 radical (unpaired) electrons. The number of hydrogen-bond donors (Lipinski definition) is 1. The number of aromatic nitrogens is 2. The molecular formula is C15H15N3S. The fraction of sp³-hybridized carbons (Fsp3) is 0.267. The molecule has 0 unspecified atom stereocenters. The van der Waals surface area contributed by atoms with Gasteiger partial charge >= 0.3 is 0 Å². The lowest BCUT2D eigenvalue weighted by Crippen LogP contribution is -2.03. The van der Waals surface area contributed by atoms with Gasteiger partial charge in [-0.15, -0.1) is 11.3 Å². The van der Waals surface area contributed by atoms with Crippen molar-refractivity contribution < 1.29 is 0 Å². The highest BCUT2D eigenvalue weighted by Gasteiger charge is 2.15. The summed E-state index contributed by atoms with van der Waals surface area (Å²) in [6.07, 6.45) is 5.64. The van der Waals surface area contributed by atoms with Gasteiger partial charge in [-0.1, -0.05) is 12.1 Å². The number of aryl methyl sites for hydroxylation is 2. The average Bonchev–Trinajstić information content (AvgIpc) is 3.13. The van der Waals surface area contributed by atoms with E-state index in [1.807, 2.05) is 6.20 Å². The van der Waals surface area contributed by atoms with Crippen molar-refractivity contribution in [3.8, 4) is 11.3 Å². The Hall–Kier alpha value is -1.65. The van der Waals surface area contributed by atoms with Crippen LogP contribution >= 0.6 is 11.3 Å². The molecule has 19 heavy (non-hydrogen) atoms. The summed E-state index contributed by atoms with van der Waals surface area (Å²) in [5, 5.41) is 2.20. The number of imidazole rings is 1. The molecule has 1 aliphatic rings. The molecule has 1 aromatic carbocycles. The lowest BCUT2D eigenvalue weighted by atomic mass is 10.0. The van der Waals surface area contributed by atoms with Crippen molar-refractivity contribution in [3.63, 3.8) is 0 Å². The fourth-order valence-electron chi connectivity index (χ4n) is 2.95. The Morgan fingerprint density at radius 3 is 3.05 bits per heavy atom. The largest absolute Gasteiger partial charge is 0.324 e. The topological polar surface area (TPSA) is 43.3 Å². The molecule has 4 rings (SSSR count). The number of nitrogens with zero attached hydrogens (tertiary/aromatic N) is 2. The summed E-state index contributed by atoms with van der Waals surface area (Å²) in [5.41, 5.74) is 11.3. The molecular weight excluding hydrogens is 254 g/mol. The zero-order valence-electron chi connectivity index (χ0n) is 10.6. The van der Waals surface area contributed by atoms with Crippen molar-refractivity contribution in [3.05, 3.63) is 46.7 Å². The Balaban J connectivity index is 1.92. The third kappa shape index (κ3) is 1.64. The zero-order chi connectivity index (χ0) is 12.8. The van der Waals surface area contributed by atoms with Crippen LogP contribution in [0.1, 0.15) is 23.4 Å². The van der Waals surface area contributed by atoms with Crippen LogP contribution in [0, 0.1) is 0 Å². The minimum atomic E-state index is 0.475. The molecule has 3 nitrogen and oxygen atoms in total. The molecule has 2 aromatic heterocycles. The van der Waals surface area contributed by atoms with Gasteiger partial charge in [0.25, 0.3) is 0 Å². The Labute approximate surface area is 115 Å². The molecule has 3 aromatic rings. The van der Waals surface area contributed by atoms with Gasteiger partial charge in [0.2, 0.25) is 0 Å². The summed E-state index contributed by atoms with van der Waals surface area (Å²) in [6.45, 7) is 0.475. The van der Waals surface area contributed by atoms with Crippen LogP contribution in [0.15, 0.2) is 29.8 Å². The van der Waals surface area contributed by atoms with Crippen molar-refractivity contribution >= 4 is 16.2 Å². The van der Waals surface area contributed by atoms with Crippen LogP contribution in [0.4, 0.5) is 0 Å². The van der Waals surface area contributed by atoms with Gasteiger partial charge in [-0.25, -0.2) is 4.98 Å². The standard InChI is InChI=1S/C15H15N3S/c16-7-14-17-8-15-18(14)13(9-19-15)12-5-4-10-2-1-3-11(10)6-12/h4-6,8-9H,1-3,7,16H2. The van der Waals surface area contributed by atoms with Gasteiger partial charge in [0.15, 0.2) is 0 Å². The number of thiazole rings is 1. The maximum absolute atomic E-state index is 5.78. The quantitative estimate of drug-likeness (QED) is 0.777. The van der Waals surface area contributed by atoms with E-state index in [2.05, 4.69) is 33.0 Å². The van der Waals surface area contributed by atoms with Crippen molar-refractivity contribution in [1.82, 2.24) is 9.38 Å². The average molecular weight is 269 g/mol. The second kappa shape index (κ2) is 4.18. The molecule has 0 saturated heterocycles. The van der Waals surface area contributed by atoms with Crippen LogP contribution in [-0.4, -0.2) is 9.38 Å². The zero-order valence-corrected chi connectivity index (χ0v) is 11.4. The summed E-state index contributed by atoms with van der Waals surface area (Å²) < 4.78 is 2.18. The van der Waals surface area contributed by atoms with Crippen LogP contribution in [0.3, 0.4) is 0 Å². The van der Waals surface area contributed by atoms with Crippen molar-refractivity contribution in [2.24, 2.45) is 5.73 Å². The summed E-state index contributed by atoms with van der Waals surface area (Å²) in [5.74, 6) is 0.937. The molecule has 96 valence electrons. The smallest absolute Gasteiger partial charge is 0.128 e. The Morgan fingerprint density at radius 1 is 1.26 bits per heavy atom. The van der Waals surface area contributed by atoms with E-state index in [1.165, 1.54) is 41.6 Å². The Morgan fingerprint density at radius 2 is 2.16 bits per heavy atom. The van der Waals surface area contributed by atoms with Crippen molar-refractivity contribution in [2.45, 2.75) is 25.8 Å². The van der Waals surface area contributed by atoms with E-state index in [9.17, 15) is 0 Å². The molecule has 2 N–H and O–H groups in total. The molecule has 0 spiro atoms. The number of nitrogens with two attached hydrogens (primary N) is 1. The van der Waals surface area contributed by atoms with E-state index >= 15 is 0 Å². The van der Waals surface area contributed by atoms with Crippen LogP contribution in [0.5, 0.6) is 0 Å². The van der Waals surface area contributed by atoms with Crippen LogP contribution in [0.2, 0.25) is 0 Å². The lowest BCUT2D eigenvalue weighted by Gasteiger charge is -2.05.